The van der Waals surface area contributed by atoms with Gasteiger partial charge in [-0.2, -0.15) is 0 Å². The van der Waals surface area contributed by atoms with E-state index in [1.54, 1.807) is 0 Å². The number of esters is 1. The second-order valence-corrected chi connectivity index (χ2v) is 5.70. The fourth-order valence-corrected chi connectivity index (χ4v) is 3.65. The first-order valence-corrected chi connectivity index (χ1v) is 6.51. The lowest BCUT2D eigenvalue weighted by atomic mass is 9.90. The van der Waals surface area contributed by atoms with E-state index in [4.69, 9.17) is 4.74 Å². The molecule has 0 saturated heterocycles. The van der Waals surface area contributed by atoms with Gasteiger partial charge in [0.2, 0.25) is 0 Å². The highest BCUT2D eigenvalue weighted by molar-refractivity contribution is 5.86. The van der Waals surface area contributed by atoms with Crippen molar-refractivity contribution in [3.05, 3.63) is 41.5 Å². The second kappa shape index (κ2) is 3.47. The van der Waals surface area contributed by atoms with E-state index in [-0.39, 0.29) is 22.7 Å². The lowest BCUT2D eigenvalue weighted by molar-refractivity contribution is -0.145. The Bertz CT molecular complexity index is 542. The summed E-state index contributed by atoms with van der Waals surface area (Å²) < 4.78 is 5.23. The second-order valence-electron chi connectivity index (χ2n) is 5.70. The maximum Gasteiger partial charge on any atom is 0.310 e. The van der Waals surface area contributed by atoms with Gasteiger partial charge in [0.25, 0.3) is 0 Å². The van der Waals surface area contributed by atoms with E-state index in [1.165, 1.54) is 11.1 Å². The molecular weight excluding hydrogens is 224 g/mol. The summed E-state index contributed by atoms with van der Waals surface area (Å²) in [6.45, 7) is 6.62. The SMILES string of the molecule is CCOC(=O)[C@H]1C(C)(C)[C@@]12C=Cc1ccccc12. The Morgan fingerprint density at radius 2 is 2.06 bits per heavy atom. The molecule has 2 atom stereocenters. The molecule has 2 aliphatic carbocycles. The molecule has 0 radical (unpaired) electrons. The number of benzene rings is 1. The van der Waals surface area contributed by atoms with E-state index in [0.29, 0.717) is 6.61 Å². The fraction of sp³-hybridized carbons (Fsp3) is 0.438. The minimum absolute atomic E-state index is 0.0511. The van der Waals surface area contributed by atoms with Gasteiger partial charge in [0, 0.05) is 5.41 Å². The van der Waals surface area contributed by atoms with Gasteiger partial charge in [-0.05, 0) is 23.5 Å². The van der Waals surface area contributed by atoms with Crippen LogP contribution in [0.5, 0.6) is 0 Å². The van der Waals surface area contributed by atoms with Gasteiger partial charge in [0.1, 0.15) is 0 Å². The fourth-order valence-electron chi connectivity index (χ4n) is 3.65. The predicted octanol–water partition coefficient (Wildman–Crippen LogP) is 3.17. The highest BCUT2D eigenvalue weighted by Crippen LogP contribution is 2.72. The predicted molar refractivity (Wildman–Crippen MR) is 71.1 cm³/mol. The van der Waals surface area contributed by atoms with Crippen LogP contribution in [0.25, 0.3) is 6.08 Å². The van der Waals surface area contributed by atoms with Gasteiger partial charge >= 0.3 is 5.97 Å². The van der Waals surface area contributed by atoms with E-state index in [9.17, 15) is 4.79 Å². The van der Waals surface area contributed by atoms with Gasteiger partial charge in [0.05, 0.1) is 12.5 Å². The number of ether oxygens (including phenoxy) is 1. The van der Waals surface area contributed by atoms with Crippen LogP contribution in [0, 0.1) is 11.3 Å². The molecule has 1 fully saturated rings. The highest BCUT2D eigenvalue weighted by Gasteiger charge is 2.75. The quantitative estimate of drug-likeness (QED) is 0.745. The Labute approximate surface area is 108 Å². The third-order valence-electron chi connectivity index (χ3n) is 4.61. The third-order valence-corrected chi connectivity index (χ3v) is 4.61. The Morgan fingerprint density at radius 1 is 1.33 bits per heavy atom. The van der Waals surface area contributed by atoms with Crippen LogP contribution in [-0.2, 0) is 14.9 Å². The van der Waals surface area contributed by atoms with Crippen molar-refractivity contribution >= 4 is 12.0 Å². The van der Waals surface area contributed by atoms with Crippen LogP contribution in [-0.4, -0.2) is 12.6 Å². The number of hydrogen-bond donors (Lipinski definition) is 0. The lowest BCUT2D eigenvalue weighted by Gasteiger charge is -2.13. The van der Waals surface area contributed by atoms with Crippen LogP contribution >= 0.6 is 0 Å². The highest BCUT2D eigenvalue weighted by atomic mass is 16.5. The van der Waals surface area contributed by atoms with Crippen molar-refractivity contribution in [1.29, 1.82) is 0 Å². The van der Waals surface area contributed by atoms with Crippen LogP contribution in [0.15, 0.2) is 30.3 Å². The molecule has 0 heterocycles. The molecule has 0 amide bonds. The molecule has 3 rings (SSSR count). The molecule has 1 spiro atoms. The van der Waals surface area contributed by atoms with Crippen LogP contribution in [0.2, 0.25) is 0 Å². The molecule has 2 heteroatoms. The van der Waals surface area contributed by atoms with E-state index in [1.807, 2.05) is 19.1 Å². The zero-order valence-electron chi connectivity index (χ0n) is 11.1. The summed E-state index contributed by atoms with van der Waals surface area (Å²) in [4.78, 5) is 12.1. The Hall–Kier alpha value is -1.57. The number of carbonyl (C=O) groups excluding carboxylic acids is 1. The molecule has 0 unspecified atom stereocenters. The molecule has 18 heavy (non-hydrogen) atoms. The van der Waals surface area contributed by atoms with Crippen molar-refractivity contribution in [3.63, 3.8) is 0 Å². The smallest absolute Gasteiger partial charge is 0.310 e. The summed E-state index contributed by atoms with van der Waals surface area (Å²) in [6, 6.07) is 8.33. The number of fused-ring (bicyclic) bond motifs is 2. The van der Waals surface area contributed by atoms with Crippen molar-refractivity contribution in [3.8, 4) is 0 Å². The van der Waals surface area contributed by atoms with Gasteiger partial charge < -0.3 is 4.74 Å². The number of carbonyl (C=O) groups is 1. The molecular formula is C16H18O2. The number of rotatable bonds is 2. The number of hydrogen-bond acceptors (Lipinski definition) is 2. The summed E-state index contributed by atoms with van der Waals surface area (Å²) in [6.07, 6.45) is 4.33. The van der Waals surface area contributed by atoms with Gasteiger partial charge in [-0.25, -0.2) is 0 Å². The Balaban J connectivity index is 2.04. The molecule has 2 aliphatic rings. The van der Waals surface area contributed by atoms with Crippen LogP contribution in [0.4, 0.5) is 0 Å². The van der Waals surface area contributed by atoms with Gasteiger partial charge in [-0.15, -0.1) is 0 Å². The van der Waals surface area contributed by atoms with E-state index >= 15 is 0 Å². The van der Waals surface area contributed by atoms with Crippen LogP contribution in [0.1, 0.15) is 31.9 Å². The molecule has 2 nitrogen and oxygen atoms in total. The van der Waals surface area contributed by atoms with Crippen molar-refractivity contribution in [2.45, 2.75) is 26.2 Å². The number of allylic oxidation sites excluding steroid dienone is 1. The Morgan fingerprint density at radius 3 is 2.78 bits per heavy atom. The third kappa shape index (κ3) is 1.16. The molecule has 1 aromatic rings. The maximum atomic E-state index is 12.1. The lowest BCUT2D eigenvalue weighted by Crippen LogP contribution is -2.14. The van der Waals surface area contributed by atoms with Gasteiger partial charge in [0.15, 0.2) is 0 Å². The molecule has 0 aliphatic heterocycles. The van der Waals surface area contributed by atoms with Gasteiger partial charge in [-0.3, -0.25) is 4.79 Å². The van der Waals surface area contributed by atoms with Crippen molar-refractivity contribution in [2.24, 2.45) is 11.3 Å². The molecule has 1 aromatic carbocycles. The first kappa shape index (κ1) is 11.5. The minimum atomic E-state index is -0.143. The Kier molecular flexibility index (Phi) is 2.22. The minimum Gasteiger partial charge on any atom is -0.466 e. The van der Waals surface area contributed by atoms with Crippen molar-refractivity contribution < 1.29 is 9.53 Å². The summed E-state index contributed by atoms with van der Waals surface area (Å²) in [5.74, 6) is -0.117. The van der Waals surface area contributed by atoms with Crippen molar-refractivity contribution in [2.75, 3.05) is 6.61 Å². The topological polar surface area (TPSA) is 26.3 Å². The van der Waals surface area contributed by atoms with E-state index in [0.717, 1.165) is 0 Å². The zero-order valence-corrected chi connectivity index (χ0v) is 11.1. The standard InChI is InChI=1S/C16H18O2/c1-4-18-14(17)13-15(2,3)16(13)10-9-11-7-5-6-8-12(11)16/h5-10,13H,4H2,1-3H3/t13-,16+/m0/s1. The first-order valence-electron chi connectivity index (χ1n) is 6.51. The summed E-state index contributed by atoms with van der Waals surface area (Å²) in [5.41, 5.74) is 2.31. The molecule has 0 aromatic heterocycles. The van der Waals surface area contributed by atoms with Gasteiger partial charge in [-0.1, -0.05) is 50.3 Å². The molecule has 0 N–H and O–H groups in total. The monoisotopic (exact) mass is 242 g/mol. The largest absolute Gasteiger partial charge is 0.466 e. The summed E-state index contributed by atoms with van der Waals surface area (Å²) >= 11 is 0. The van der Waals surface area contributed by atoms with E-state index in [2.05, 4.69) is 38.1 Å². The molecule has 1 saturated carbocycles. The van der Waals surface area contributed by atoms with E-state index < -0.39 is 0 Å². The van der Waals surface area contributed by atoms with Crippen LogP contribution in [0.3, 0.4) is 0 Å². The summed E-state index contributed by atoms with van der Waals surface area (Å²) in [5, 5.41) is 0. The average Bonchev–Trinajstić information content (AvgIpc) is 2.66. The molecule has 94 valence electrons. The average molecular weight is 242 g/mol. The first-order chi connectivity index (χ1) is 8.55. The normalized spacial score (nSPS) is 30.3. The van der Waals surface area contributed by atoms with Crippen molar-refractivity contribution in [1.82, 2.24) is 0 Å². The summed E-state index contributed by atoms with van der Waals surface area (Å²) in [7, 11) is 0. The maximum absolute atomic E-state index is 12.1. The zero-order chi connectivity index (χ0) is 13.0. The van der Waals surface area contributed by atoms with Crippen LogP contribution < -0.4 is 0 Å². The molecule has 0 bridgehead atoms.